The number of rotatable bonds is 9. The maximum atomic E-state index is 13.5. The van der Waals surface area contributed by atoms with E-state index in [2.05, 4.69) is 15.1 Å². The molecule has 0 aliphatic carbocycles. The molecule has 3 heterocycles. The van der Waals surface area contributed by atoms with Gasteiger partial charge in [-0.3, -0.25) is 9.59 Å². The van der Waals surface area contributed by atoms with Crippen molar-refractivity contribution in [3.63, 3.8) is 0 Å². The van der Waals surface area contributed by atoms with Crippen LogP contribution in [0.4, 0.5) is 0 Å². The minimum absolute atomic E-state index is 0.0174. The summed E-state index contributed by atoms with van der Waals surface area (Å²) >= 11 is 0. The first-order valence-corrected chi connectivity index (χ1v) is 13.6. The van der Waals surface area contributed by atoms with E-state index in [1.54, 1.807) is 19.9 Å². The first kappa shape index (κ1) is 25.8. The molecule has 1 aliphatic rings. The standard InChI is InChI=1S/C24H31N5O6S/c1-5-8-20-25-15(4)21-23(30)26-22(27-29(20)21)18-13-17(9-10-19(18)34-6-2)36(32,33)28-12-11-16(14-28)24(31)35-7-3/h9-10,13,16H,5-8,11-12,14H2,1-4H3,(H,26,27,30). The molecule has 0 bridgehead atoms. The van der Waals surface area contributed by atoms with E-state index in [4.69, 9.17) is 9.47 Å². The zero-order valence-electron chi connectivity index (χ0n) is 20.9. The van der Waals surface area contributed by atoms with Crippen molar-refractivity contribution in [2.75, 3.05) is 26.3 Å². The fraction of sp³-hybridized carbons (Fsp3) is 0.500. The monoisotopic (exact) mass is 517 g/mol. The van der Waals surface area contributed by atoms with E-state index in [0.717, 1.165) is 6.42 Å². The van der Waals surface area contributed by atoms with Gasteiger partial charge in [0.2, 0.25) is 10.0 Å². The van der Waals surface area contributed by atoms with Gasteiger partial charge in [-0.05, 0) is 51.8 Å². The van der Waals surface area contributed by atoms with Crippen molar-refractivity contribution >= 4 is 21.5 Å². The summed E-state index contributed by atoms with van der Waals surface area (Å²) in [6.07, 6.45) is 1.85. The summed E-state index contributed by atoms with van der Waals surface area (Å²) in [6, 6.07) is 4.47. The largest absolute Gasteiger partial charge is 0.493 e. The Morgan fingerprint density at radius 2 is 2.00 bits per heavy atom. The lowest BCUT2D eigenvalue weighted by Crippen LogP contribution is -2.30. The number of aromatic nitrogens is 4. The Kier molecular flexibility index (Phi) is 7.46. The predicted octanol–water partition coefficient (Wildman–Crippen LogP) is 2.32. The number of aryl methyl sites for hydroxylation is 2. The number of hydrogen-bond donors (Lipinski definition) is 1. The van der Waals surface area contributed by atoms with Crippen molar-refractivity contribution in [2.24, 2.45) is 5.92 Å². The van der Waals surface area contributed by atoms with Gasteiger partial charge in [0.15, 0.2) is 11.3 Å². The zero-order chi connectivity index (χ0) is 26.0. The van der Waals surface area contributed by atoms with Crippen LogP contribution in [0.2, 0.25) is 0 Å². The molecule has 4 rings (SSSR count). The first-order chi connectivity index (χ1) is 17.2. The van der Waals surface area contributed by atoms with Crippen LogP contribution >= 0.6 is 0 Å². The van der Waals surface area contributed by atoms with Gasteiger partial charge in [0.1, 0.15) is 11.6 Å². The first-order valence-electron chi connectivity index (χ1n) is 12.1. The molecule has 0 spiro atoms. The molecule has 0 saturated carbocycles. The number of sulfonamides is 1. The van der Waals surface area contributed by atoms with E-state index in [9.17, 15) is 18.0 Å². The van der Waals surface area contributed by atoms with Gasteiger partial charge in [-0.15, -0.1) is 5.10 Å². The number of nitrogens with zero attached hydrogens (tertiary/aromatic N) is 4. The SMILES string of the molecule is CCCc1nc(C)c2c(=O)[nH]c(-c3cc(S(=O)(=O)N4CCC(C(=O)OCC)C4)ccc3OCC)nn12. The number of carbonyl (C=O) groups excluding carboxylic acids is 1. The van der Waals surface area contributed by atoms with Gasteiger partial charge in [-0.25, -0.2) is 17.9 Å². The van der Waals surface area contributed by atoms with Gasteiger partial charge in [0.05, 0.1) is 35.3 Å². The average molecular weight is 518 g/mol. The molecular weight excluding hydrogens is 486 g/mol. The molecule has 0 radical (unpaired) electrons. The van der Waals surface area contributed by atoms with Gasteiger partial charge in [0, 0.05) is 19.5 Å². The van der Waals surface area contributed by atoms with E-state index < -0.39 is 21.9 Å². The molecule has 1 saturated heterocycles. The maximum Gasteiger partial charge on any atom is 0.310 e. The second-order valence-corrected chi connectivity index (χ2v) is 10.6. The Morgan fingerprint density at radius 1 is 1.22 bits per heavy atom. The fourth-order valence-corrected chi connectivity index (χ4v) is 5.95. The van der Waals surface area contributed by atoms with Crippen LogP contribution in [0, 0.1) is 12.8 Å². The molecular formula is C24H31N5O6S. The van der Waals surface area contributed by atoms with Crippen LogP contribution < -0.4 is 10.3 Å². The smallest absolute Gasteiger partial charge is 0.310 e. The van der Waals surface area contributed by atoms with Crippen molar-refractivity contribution in [1.82, 2.24) is 23.9 Å². The van der Waals surface area contributed by atoms with Crippen molar-refractivity contribution < 1.29 is 22.7 Å². The van der Waals surface area contributed by atoms with Crippen molar-refractivity contribution in [2.45, 2.75) is 51.9 Å². The van der Waals surface area contributed by atoms with Gasteiger partial charge in [0.25, 0.3) is 5.56 Å². The molecule has 2 aromatic heterocycles. The van der Waals surface area contributed by atoms with E-state index in [0.29, 0.717) is 47.8 Å². The molecule has 36 heavy (non-hydrogen) atoms. The average Bonchev–Trinajstić information content (AvgIpc) is 3.46. The highest BCUT2D eigenvalue weighted by molar-refractivity contribution is 7.89. The van der Waals surface area contributed by atoms with Crippen molar-refractivity contribution in [3.8, 4) is 17.1 Å². The maximum absolute atomic E-state index is 13.5. The highest BCUT2D eigenvalue weighted by Gasteiger charge is 2.37. The van der Waals surface area contributed by atoms with Gasteiger partial charge < -0.3 is 14.5 Å². The van der Waals surface area contributed by atoms with E-state index in [1.165, 1.54) is 21.0 Å². The van der Waals surface area contributed by atoms with Crippen LogP contribution in [0.25, 0.3) is 16.9 Å². The number of benzene rings is 1. The predicted molar refractivity (Wildman–Crippen MR) is 132 cm³/mol. The van der Waals surface area contributed by atoms with E-state index >= 15 is 0 Å². The lowest BCUT2D eigenvalue weighted by molar-refractivity contribution is -0.147. The molecule has 1 fully saturated rings. The Balaban J connectivity index is 1.78. The number of hydrogen-bond acceptors (Lipinski definition) is 8. The molecule has 1 aromatic carbocycles. The minimum Gasteiger partial charge on any atom is -0.493 e. The van der Waals surface area contributed by atoms with Gasteiger partial charge in [-0.1, -0.05) is 6.92 Å². The molecule has 11 nitrogen and oxygen atoms in total. The topological polar surface area (TPSA) is 136 Å². The van der Waals surface area contributed by atoms with Crippen molar-refractivity contribution in [3.05, 3.63) is 40.1 Å². The second kappa shape index (κ2) is 10.4. The number of nitrogens with one attached hydrogen (secondary N) is 1. The van der Waals surface area contributed by atoms with Crippen LogP contribution in [0.3, 0.4) is 0 Å². The number of H-pyrrole nitrogens is 1. The van der Waals surface area contributed by atoms with Gasteiger partial charge >= 0.3 is 5.97 Å². The fourth-order valence-electron chi connectivity index (χ4n) is 4.43. The van der Waals surface area contributed by atoms with Crippen LogP contribution in [0.5, 0.6) is 5.75 Å². The minimum atomic E-state index is -3.92. The molecule has 1 N–H and O–H groups in total. The number of fused-ring (bicyclic) bond motifs is 1. The summed E-state index contributed by atoms with van der Waals surface area (Å²) in [5, 5.41) is 4.61. The second-order valence-electron chi connectivity index (χ2n) is 8.62. The lowest BCUT2D eigenvalue weighted by atomic mass is 10.1. The molecule has 1 atom stereocenters. The summed E-state index contributed by atoms with van der Waals surface area (Å²) < 4.78 is 40.5. The number of ether oxygens (including phenoxy) is 2. The van der Waals surface area contributed by atoms with Gasteiger partial charge in [-0.2, -0.15) is 4.31 Å². The Labute approximate surface area is 209 Å². The number of carbonyl (C=O) groups is 1. The third-order valence-electron chi connectivity index (χ3n) is 6.13. The van der Waals surface area contributed by atoms with Crippen LogP contribution in [0.1, 0.15) is 45.1 Å². The van der Waals surface area contributed by atoms with E-state index in [1.807, 2.05) is 13.8 Å². The number of esters is 1. The highest BCUT2D eigenvalue weighted by atomic mass is 32.2. The number of aromatic amines is 1. The molecule has 194 valence electrons. The number of imidazole rings is 1. The molecule has 3 aromatic rings. The summed E-state index contributed by atoms with van der Waals surface area (Å²) in [5.41, 5.74) is 0.892. The highest BCUT2D eigenvalue weighted by Crippen LogP contribution is 2.33. The summed E-state index contributed by atoms with van der Waals surface area (Å²) in [7, 11) is -3.92. The Morgan fingerprint density at radius 3 is 2.69 bits per heavy atom. The Bertz CT molecular complexity index is 1450. The molecule has 1 aliphatic heterocycles. The molecule has 12 heteroatoms. The van der Waals surface area contributed by atoms with Crippen LogP contribution in [-0.2, 0) is 26.0 Å². The third-order valence-corrected chi connectivity index (χ3v) is 7.99. The summed E-state index contributed by atoms with van der Waals surface area (Å²) in [5.74, 6) is 0.327. The van der Waals surface area contributed by atoms with Crippen molar-refractivity contribution in [1.29, 1.82) is 0 Å². The lowest BCUT2D eigenvalue weighted by Gasteiger charge is -2.18. The van der Waals surface area contributed by atoms with Crippen LogP contribution in [0.15, 0.2) is 27.9 Å². The third kappa shape index (κ3) is 4.74. The Hall–Kier alpha value is -3.25. The zero-order valence-corrected chi connectivity index (χ0v) is 21.7. The van der Waals surface area contributed by atoms with Crippen LogP contribution in [-0.4, -0.2) is 64.6 Å². The molecule has 0 amide bonds. The normalized spacial score (nSPS) is 16.5. The quantitative estimate of drug-likeness (QED) is 0.427. The summed E-state index contributed by atoms with van der Waals surface area (Å²) in [6.45, 7) is 8.14. The molecule has 1 unspecified atom stereocenters. The summed E-state index contributed by atoms with van der Waals surface area (Å²) in [4.78, 5) is 32.3. The van der Waals surface area contributed by atoms with E-state index in [-0.39, 0.29) is 36.0 Å².